The SMILES string of the molecule is Cc1cc(/C=C/C(=O)NCc2ccc(-n3cncn3)cc2)c(C)n1-c1ccccc1. The first-order chi connectivity index (χ1) is 14.6. The summed E-state index contributed by atoms with van der Waals surface area (Å²) in [5, 5.41) is 7.03. The van der Waals surface area contributed by atoms with Crippen molar-refractivity contribution in [3.8, 4) is 11.4 Å². The highest BCUT2D eigenvalue weighted by molar-refractivity contribution is 5.91. The maximum absolute atomic E-state index is 12.3. The van der Waals surface area contributed by atoms with Crippen molar-refractivity contribution in [3.05, 3.63) is 102 Å². The minimum atomic E-state index is -0.125. The van der Waals surface area contributed by atoms with Gasteiger partial charge in [-0.1, -0.05) is 30.3 Å². The third kappa shape index (κ3) is 4.22. The number of carbonyl (C=O) groups excluding carboxylic acids is 1. The van der Waals surface area contributed by atoms with Crippen molar-refractivity contribution in [1.29, 1.82) is 0 Å². The number of nitrogens with zero attached hydrogens (tertiary/aromatic N) is 4. The van der Waals surface area contributed by atoms with Crippen LogP contribution >= 0.6 is 0 Å². The van der Waals surface area contributed by atoms with Crippen LogP contribution in [0.15, 0.2) is 79.4 Å². The second-order valence-electron chi connectivity index (χ2n) is 7.06. The molecule has 30 heavy (non-hydrogen) atoms. The highest BCUT2D eigenvalue weighted by Gasteiger charge is 2.09. The molecule has 1 amide bonds. The van der Waals surface area contributed by atoms with Crippen molar-refractivity contribution in [2.75, 3.05) is 0 Å². The number of aryl methyl sites for hydroxylation is 1. The van der Waals surface area contributed by atoms with Crippen molar-refractivity contribution in [2.45, 2.75) is 20.4 Å². The first kappa shape index (κ1) is 19.4. The molecule has 0 fully saturated rings. The minimum absolute atomic E-state index is 0.125. The van der Waals surface area contributed by atoms with Crippen LogP contribution in [0.2, 0.25) is 0 Å². The molecule has 2 aromatic carbocycles. The predicted octanol–water partition coefficient (Wildman–Crippen LogP) is 4.00. The molecule has 0 unspecified atom stereocenters. The van der Waals surface area contributed by atoms with Crippen molar-refractivity contribution in [1.82, 2.24) is 24.6 Å². The van der Waals surface area contributed by atoms with Gasteiger partial charge in [-0.3, -0.25) is 4.79 Å². The van der Waals surface area contributed by atoms with Crippen LogP contribution in [0.5, 0.6) is 0 Å². The molecule has 0 saturated carbocycles. The van der Waals surface area contributed by atoms with Gasteiger partial charge in [0.1, 0.15) is 12.7 Å². The molecule has 0 aliphatic heterocycles. The van der Waals surface area contributed by atoms with Gasteiger partial charge in [-0.15, -0.1) is 0 Å². The van der Waals surface area contributed by atoms with E-state index in [4.69, 9.17) is 0 Å². The summed E-state index contributed by atoms with van der Waals surface area (Å²) >= 11 is 0. The molecule has 0 atom stereocenters. The van der Waals surface area contributed by atoms with Gasteiger partial charge in [-0.05, 0) is 61.4 Å². The summed E-state index contributed by atoms with van der Waals surface area (Å²) < 4.78 is 3.88. The zero-order valence-corrected chi connectivity index (χ0v) is 17.0. The van der Waals surface area contributed by atoms with E-state index in [1.165, 1.54) is 6.33 Å². The third-order valence-corrected chi connectivity index (χ3v) is 4.99. The van der Waals surface area contributed by atoms with Crippen molar-refractivity contribution >= 4 is 12.0 Å². The van der Waals surface area contributed by atoms with Gasteiger partial charge in [0.25, 0.3) is 0 Å². The molecule has 4 aromatic rings. The molecule has 0 aliphatic rings. The Morgan fingerprint density at radius 3 is 2.50 bits per heavy atom. The minimum Gasteiger partial charge on any atom is -0.348 e. The second-order valence-corrected chi connectivity index (χ2v) is 7.06. The zero-order valence-electron chi connectivity index (χ0n) is 17.0. The van der Waals surface area contributed by atoms with Crippen LogP contribution in [0, 0.1) is 13.8 Å². The number of benzene rings is 2. The lowest BCUT2D eigenvalue weighted by molar-refractivity contribution is -0.116. The highest BCUT2D eigenvalue weighted by atomic mass is 16.1. The van der Waals surface area contributed by atoms with Gasteiger partial charge in [0.2, 0.25) is 5.91 Å². The molecule has 2 heterocycles. The number of aromatic nitrogens is 4. The summed E-state index contributed by atoms with van der Waals surface area (Å²) in [5.74, 6) is -0.125. The molecule has 150 valence electrons. The van der Waals surface area contributed by atoms with Gasteiger partial charge in [0, 0.05) is 29.7 Å². The Bertz CT molecular complexity index is 1160. The van der Waals surface area contributed by atoms with E-state index in [-0.39, 0.29) is 5.91 Å². The van der Waals surface area contributed by atoms with Gasteiger partial charge in [-0.2, -0.15) is 5.10 Å². The number of carbonyl (C=O) groups is 1. The molecule has 6 heteroatoms. The lowest BCUT2D eigenvalue weighted by Crippen LogP contribution is -2.20. The fraction of sp³-hybridized carbons (Fsp3) is 0.125. The Hall–Kier alpha value is -3.93. The summed E-state index contributed by atoms with van der Waals surface area (Å²) in [6, 6.07) is 20.1. The zero-order chi connectivity index (χ0) is 20.9. The number of hydrogen-bond donors (Lipinski definition) is 1. The van der Waals surface area contributed by atoms with E-state index in [0.29, 0.717) is 6.54 Å². The maximum atomic E-state index is 12.3. The van der Waals surface area contributed by atoms with Crippen LogP contribution in [0.4, 0.5) is 0 Å². The molecular weight excluding hydrogens is 374 g/mol. The number of amides is 1. The Labute approximate surface area is 175 Å². The molecule has 0 spiro atoms. The van der Waals surface area contributed by atoms with Gasteiger partial charge in [0.15, 0.2) is 0 Å². The number of hydrogen-bond acceptors (Lipinski definition) is 3. The standard InChI is InChI=1S/C24H23N5O/c1-18-14-21(19(2)29(18)23-6-4-3-5-7-23)10-13-24(30)26-15-20-8-11-22(12-9-20)28-17-25-16-27-28/h3-14,16-17H,15H2,1-2H3,(H,26,30)/b13-10+. The normalized spacial score (nSPS) is 11.1. The highest BCUT2D eigenvalue weighted by Crippen LogP contribution is 2.21. The number of nitrogens with one attached hydrogen (secondary N) is 1. The molecule has 6 nitrogen and oxygen atoms in total. The Kier molecular flexibility index (Phi) is 5.57. The van der Waals surface area contributed by atoms with Gasteiger partial charge in [-0.25, -0.2) is 9.67 Å². The van der Waals surface area contributed by atoms with E-state index in [0.717, 1.165) is 33.9 Å². The Morgan fingerprint density at radius 2 is 1.80 bits per heavy atom. The molecule has 2 aromatic heterocycles. The topological polar surface area (TPSA) is 64.7 Å². The van der Waals surface area contributed by atoms with E-state index in [9.17, 15) is 4.79 Å². The number of para-hydroxylation sites is 1. The summed E-state index contributed by atoms with van der Waals surface area (Å²) in [7, 11) is 0. The van der Waals surface area contributed by atoms with Crippen molar-refractivity contribution in [2.24, 2.45) is 0 Å². The molecule has 0 saturated heterocycles. The van der Waals surface area contributed by atoms with Crippen LogP contribution < -0.4 is 5.32 Å². The first-order valence-electron chi connectivity index (χ1n) is 9.76. The summed E-state index contributed by atoms with van der Waals surface area (Å²) in [5.41, 5.74) is 6.33. The van der Waals surface area contributed by atoms with Crippen LogP contribution in [-0.4, -0.2) is 25.2 Å². The third-order valence-electron chi connectivity index (χ3n) is 4.99. The lowest BCUT2D eigenvalue weighted by Gasteiger charge is -2.09. The summed E-state index contributed by atoms with van der Waals surface area (Å²) in [4.78, 5) is 16.2. The first-order valence-corrected chi connectivity index (χ1v) is 9.76. The van der Waals surface area contributed by atoms with E-state index >= 15 is 0 Å². The van der Waals surface area contributed by atoms with E-state index in [1.807, 2.05) is 48.5 Å². The van der Waals surface area contributed by atoms with Crippen LogP contribution in [0.1, 0.15) is 22.5 Å². The quantitative estimate of drug-likeness (QED) is 0.500. The monoisotopic (exact) mass is 397 g/mol. The Balaban J connectivity index is 1.39. The lowest BCUT2D eigenvalue weighted by atomic mass is 10.2. The smallest absolute Gasteiger partial charge is 0.244 e. The average Bonchev–Trinajstić information content (AvgIpc) is 3.40. The van der Waals surface area contributed by atoms with Gasteiger partial charge in [0.05, 0.1) is 5.69 Å². The fourth-order valence-electron chi connectivity index (χ4n) is 3.45. The fourth-order valence-corrected chi connectivity index (χ4v) is 3.45. The predicted molar refractivity (Wildman–Crippen MR) is 117 cm³/mol. The molecular formula is C24H23N5O. The van der Waals surface area contributed by atoms with Crippen molar-refractivity contribution < 1.29 is 4.79 Å². The Morgan fingerprint density at radius 1 is 1.03 bits per heavy atom. The van der Waals surface area contributed by atoms with E-state index in [1.54, 1.807) is 17.1 Å². The molecule has 0 bridgehead atoms. The van der Waals surface area contributed by atoms with Gasteiger partial charge >= 0.3 is 0 Å². The van der Waals surface area contributed by atoms with Crippen LogP contribution in [0.3, 0.4) is 0 Å². The van der Waals surface area contributed by atoms with E-state index in [2.05, 4.69) is 52.0 Å². The second kappa shape index (κ2) is 8.61. The summed E-state index contributed by atoms with van der Waals surface area (Å²) in [6.45, 7) is 4.60. The molecule has 1 N–H and O–H groups in total. The van der Waals surface area contributed by atoms with Gasteiger partial charge < -0.3 is 9.88 Å². The largest absolute Gasteiger partial charge is 0.348 e. The van der Waals surface area contributed by atoms with E-state index < -0.39 is 0 Å². The molecule has 4 rings (SSSR count). The summed E-state index contributed by atoms with van der Waals surface area (Å²) in [6.07, 6.45) is 6.60. The van der Waals surface area contributed by atoms with Crippen LogP contribution in [-0.2, 0) is 11.3 Å². The van der Waals surface area contributed by atoms with Crippen molar-refractivity contribution in [3.63, 3.8) is 0 Å². The average molecular weight is 397 g/mol. The number of rotatable bonds is 6. The molecule has 0 aliphatic carbocycles. The molecule has 0 radical (unpaired) electrons. The van der Waals surface area contributed by atoms with Crippen LogP contribution in [0.25, 0.3) is 17.5 Å². The maximum Gasteiger partial charge on any atom is 0.244 e.